The summed E-state index contributed by atoms with van der Waals surface area (Å²) in [5.41, 5.74) is 0.201. The molecule has 92 valence electrons. The van der Waals surface area contributed by atoms with Crippen LogP contribution in [0.2, 0.25) is 0 Å². The highest BCUT2D eigenvalue weighted by Gasteiger charge is 2.24. The smallest absolute Gasteiger partial charge is 0.276 e. The van der Waals surface area contributed by atoms with Crippen LogP contribution in [-0.4, -0.2) is 48.6 Å². The minimum atomic E-state index is -0.300. The van der Waals surface area contributed by atoms with Gasteiger partial charge in [-0.3, -0.25) is 9.59 Å². The summed E-state index contributed by atoms with van der Waals surface area (Å²) in [6.45, 7) is 1.27. The van der Waals surface area contributed by atoms with Gasteiger partial charge in [-0.1, -0.05) is 5.16 Å². The fourth-order valence-electron chi connectivity index (χ4n) is 1.60. The number of hydrogen-bond acceptors (Lipinski definition) is 5. The topological polar surface area (TPSA) is 84.7 Å². The van der Waals surface area contributed by atoms with Crippen molar-refractivity contribution >= 4 is 11.8 Å². The average Bonchev–Trinajstić information content (AvgIpc) is 2.77. The van der Waals surface area contributed by atoms with Crippen molar-refractivity contribution in [2.45, 2.75) is 6.61 Å². The number of nitrogens with zero attached hydrogens (tertiary/aromatic N) is 2. The van der Waals surface area contributed by atoms with E-state index in [4.69, 9.17) is 9.26 Å². The third-order valence-corrected chi connectivity index (χ3v) is 2.39. The predicted octanol–water partition coefficient (Wildman–Crippen LogP) is -0.607. The Balaban J connectivity index is 2.05. The fourth-order valence-corrected chi connectivity index (χ4v) is 1.60. The van der Waals surface area contributed by atoms with Gasteiger partial charge in [0, 0.05) is 26.3 Å². The van der Waals surface area contributed by atoms with Crippen molar-refractivity contribution in [3.63, 3.8) is 0 Å². The summed E-state index contributed by atoms with van der Waals surface area (Å²) in [6, 6.07) is 1.53. The number of carbonyl (C=O) groups is 2. The first kappa shape index (κ1) is 11.6. The largest absolute Gasteiger partial charge is 0.377 e. The lowest BCUT2D eigenvalue weighted by Crippen LogP contribution is -2.50. The van der Waals surface area contributed by atoms with E-state index in [1.54, 1.807) is 0 Å². The zero-order valence-corrected chi connectivity index (χ0v) is 9.43. The molecule has 17 heavy (non-hydrogen) atoms. The van der Waals surface area contributed by atoms with E-state index in [-0.39, 0.29) is 30.7 Å². The maximum Gasteiger partial charge on any atom is 0.276 e. The Morgan fingerprint density at radius 3 is 3.24 bits per heavy atom. The van der Waals surface area contributed by atoms with Gasteiger partial charge in [-0.05, 0) is 0 Å². The molecule has 0 saturated carbocycles. The Labute approximate surface area is 97.7 Å². The highest BCUT2D eigenvalue weighted by atomic mass is 16.5. The molecule has 2 amide bonds. The summed E-state index contributed by atoms with van der Waals surface area (Å²) < 4.78 is 9.78. The summed E-state index contributed by atoms with van der Waals surface area (Å²) in [7, 11) is 1.53. The van der Waals surface area contributed by atoms with E-state index in [0.717, 1.165) is 0 Å². The number of amides is 2. The van der Waals surface area contributed by atoms with E-state index in [1.165, 1.54) is 18.1 Å². The molecule has 1 aliphatic heterocycles. The average molecular weight is 239 g/mol. The van der Waals surface area contributed by atoms with Gasteiger partial charge in [0.15, 0.2) is 11.5 Å². The van der Waals surface area contributed by atoms with Gasteiger partial charge in [-0.25, -0.2) is 0 Å². The quantitative estimate of drug-likeness (QED) is 0.760. The SMILES string of the molecule is COCc1cc(C(=O)N2CCNC(=O)C2)no1. The van der Waals surface area contributed by atoms with Gasteiger partial charge < -0.3 is 19.5 Å². The maximum atomic E-state index is 11.9. The van der Waals surface area contributed by atoms with E-state index in [1.807, 2.05) is 0 Å². The maximum absolute atomic E-state index is 11.9. The van der Waals surface area contributed by atoms with Crippen molar-refractivity contribution in [3.05, 3.63) is 17.5 Å². The minimum Gasteiger partial charge on any atom is -0.377 e. The van der Waals surface area contributed by atoms with Crippen LogP contribution in [0.15, 0.2) is 10.6 Å². The van der Waals surface area contributed by atoms with Crippen LogP contribution in [0.5, 0.6) is 0 Å². The number of ether oxygens (including phenoxy) is 1. The summed E-state index contributed by atoms with van der Waals surface area (Å²) in [5.74, 6) is 0.0217. The van der Waals surface area contributed by atoms with Crippen molar-refractivity contribution < 1.29 is 18.8 Å². The van der Waals surface area contributed by atoms with E-state index >= 15 is 0 Å². The van der Waals surface area contributed by atoms with Crippen LogP contribution in [-0.2, 0) is 16.1 Å². The molecule has 0 atom stereocenters. The monoisotopic (exact) mass is 239 g/mol. The van der Waals surface area contributed by atoms with Gasteiger partial charge in [-0.15, -0.1) is 0 Å². The fraction of sp³-hybridized carbons (Fsp3) is 0.500. The lowest BCUT2D eigenvalue weighted by atomic mass is 10.3. The van der Waals surface area contributed by atoms with Gasteiger partial charge in [0.25, 0.3) is 5.91 Å². The normalized spacial score (nSPS) is 15.8. The second kappa shape index (κ2) is 4.96. The van der Waals surface area contributed by atoms with Crippen LogP contribution in [0, 0.1) is 0 Å². The standard InChI is InChI=1S/C10H13N3O4/c1-16-6-7-4-8(12-17-7)10(15)13-3-2-11-9(14)5-13/h4H,2-3,5-6H2,1H3,(H,11,14). The molecule has 1 fully saturated rings. The molecule has 1 aromatic heterocycles. The molecule has 1 N–H and O–H groups in total. The third-order valence-electron chi connectivity index (χ3n) is 2.39. The Morgan fingerprint density at radius 1 is 1.71 bits per heavy atom. The molecule has 1 saturated heterocycles. The summed E-state index contributed by atoms with van der Waals surface area (Å²) in [5, 5.41) is 6.30. The molecule has 1 aliphatic rings. The van der Waals surface area contributed by atoms with Crippen LogP contribution >= 0.6 is 0 Å². The van der Waals surface area contributed by atoms with Gasteiger partial charge in [0.2, 0.25) is 5.91 Å². The summed E-state index contributed by atoms with van der Waals surface area (Å²) in [6.07, 6.45) is 0. The second-order valence-electron chi connectivity index (χ2n) is 3.69. The molecule has 0 radical (unpaired) electrons. The summed E-state index contributed by atoms with van der Waals surface area (Å²) >= 11 is 0. The predicted molar refractivity (Wildman–Crippen MR) is 56.1 cm³/mol. The number of methoxy groups -OCH3 is 1. The molecule has 0 spiro atoms. The van der Waals surface area contributed by atoms with E-state index < -0.39 is 0 Å². The van der Waals surface area contributed by atoms with Crippen molar-refractivity contribution in [3.8, 4) is 0 Å². The zero-order chi connectivity index (χ0) is 12.3. The van der Waals surface area contributed by atoms with Gasteiger partial charge in [0.1, 0.15) is 6.61 Å². The Hall–Kier alpha value is -1.89. The van der Waals surface area contributed by atoms with Crippen molar-refractivity contribution in [2.75, 3.05) is 26.7 Å². The molecule has 0 bridgehead atoms. The zero-order valence-electron chi connectivity index (χ0n) is 9.43. The highest BCUT2D eigenvalue weighted by molar-refractivity contribution is 5.95. The van der Waals surface area contributed by atoms with E-state index in [0.29, 0.717) is 18.8 Å². The van der Waals surface area contributed by atoms with E-state index in [2.05, 4.69) is 10.5 Å². The van der Waals surface area contributed by atoms with Crippen LogP contribution < -0.4 is 5.32 Å². The summed E-state index contributed by atoms with van der Waals surface area (Å²) in [4.78, 5) is 24.5. The Bertz CT molecular complexity index is 429. The van der Waals surface area contributed by atoms with Crippen molar-refractivity contribution in [1.29, 1.82) is 0 Å². The third kappa shape index (κ3) is 2.62. The molecule has 1 aromatic rings. The van der Waals surface area contributed by atoms with Crippen LogP contribution in [0.25, 0.3) is 0 Å². The number of rotatable bonds is 3. The number of piperazine rings is 1. The molecule has 2 heterocycles. The molecular formula is C10H13N3O4. The van der Waals surface area contributed by atoms with Crippen molar-refractivity contribution in [2.24, 2.45) is 0 Å². The number of carbonyl (C=O) groups excluding carboxylic acids is 2. The van der Waals surface area contributed by atoms with Crippen LogP contribution in [0.4, 0.5) is 0 Å². The molecule has 0 unspecified atom stereocenters. The Kier molecular flexibility index (Phi) is 3.38. The second-order valence-corrected chi connectivity index (χ2v) is 3.69. The van der Waals surface area contributed by atoms with Gasteiger partial charge in [-0.2, -0.15) is 0 Å². The lowest BCUT2D eigenvalue weighted by Gasteiger charge is -2.25. The number of hydrogen-bond donors (Lipinski definition) is 1. The highest BCUT2D eigenvalue weighted by Crippen LogP contribution is 2.08. The van der Waals surface area contributed by atoms with Crippen LogP contribution in [0.1, 0.15) is 16.2 Å². The van der Waals surface area contributed by atoms with Gasteiger partial charge in [0.05, 0.1) is 6.54 Å². The molecule has 0 aromatic carbocycles. The van der Waals surface area contributed by atoms with Crippen molar-refractivity contribution in [1.82, 2.24) is 15.4 Å². The Morgan fingerprint density at radius 2 is 2.53 bits per heavy atom. The van der Waals surface area contributed by atoms with E-state index in [9.17, 15) is 9.59 Å². The van der Waals surface area contributed by atoms with Crippen LogP contribution in [0.3, 0.4) is 0 Å². The van der Waals surface area contributed by atoms with Gasteiger partial charge >= 0.3 is 0 Å². The molecule has 0 aliphatic carbocycles. The minimum absolute atomic E-state index is 0.0608. The molecule has 2 rings (SSSR count). The lowest BCUT2D eigenvalue weighted by molar-refractivity contribution is -0.123. The number of nitrogens with one attached hydrogen (secondary N) is 1. The first-order valence-corrected chi connectivity index (χ1v) is 5.21. The molecular weight excluding hydrogens is 226 g/mol. The first-order valence-electron chi connectivity index (χ1n) is 5.21. The first-order chi connectivity index (χ1) is 8.20. The number of aromatic nitrogens is 1. The molecule has 7 heteroatoms. The molecule has 7 nitrogen and oxygen atoms in total.